The molecular weight excluding hydrogens is 377 g/mol. The zero-order valence-corrected chi connectivity index (χ0v) is 15.1. The van der Waals surface area contributed by atoms with Crippen LogP contribution in [0.4, 0.5) is 10.1 Å². The van der Waals surface area contributed by atoms with Gasteiger partial charge in [-0.2, -0.15) is 0 Å². The van der Waals surface area contributed by atoms with Crippen LogP contribution in [-0.2, 0) is 9.53 Å². The highest BCUT2D eigenvalue weighted by Gasteiger charge is 2.21. The van der Waals surface area contributed by atoms with Crippen molar-refractivity contribution in [3.63, 3.8) is 0 Å². The summed E-state index contributed by atoms with van der Waals surface area (Å²) in [5, 5.41) is 2.71. The molecule has 0 radical (unpaired) electrons. The van der Waals surface area contributed by atoms with Crippen LogP contribution < -0.4 is 5.32 Å². The Hall–Kier alpha value is -2.21. The van der Waals surface area contributed by atoms with Crippen LogP contribution in [-0.4, -0.2) is 18.0 Å². The Balaban J connectivity index is 2.05. The van der Waals surface area contributed by atoms with Crippen LogP contribution in [0.2, 0.25) is 0 Å². The highest BCUT2D eigenvalue weighted by molar-refractivity contribution is 9.10. The third kappa shape index (κ3) is 4.41. The summed E-state index contributed by atoms with van der Waals surface area (Å²) >= 11 is 3.11. The quantitative estimate of drug-likeness (QED) is 0.783. The fourth-order valence-electron chi connectivity index (χ4n) is 2.04. The molecule has 0 aliphatic carbocycles. The SMILES string of the molecule is Cc1ccc(C)c(NC(=O)[C@@H](C)OC(=O)c2ccc(Br)cc2F)c1. The molecule has 0 saturated carbocycles. The molecule has 2 rings (SSSR count). The van der Waals surface area contributed by atoms with E-state index in [9.17, 15) is 14.0 Å². The Kier molecular flexibility index (Phi) is 5.72. The van der Waals surface area contributed by atoms with Gasteiger partial charge in [-0.15, -0.1) is 0 Å². The Morgan fingerprint density at radius 1 is 1.17 bits per heavy atom. The van der Waals surface area contributed by atoms with Crippen LogP contribution >= 0.6 is 15.9 Å². The van der Waals surface area contributed by atoms with Crippen LogP contribution in [0.1, 0.15) is 28.4 Å². The topological polar surface area (TPSA) is 55.4 Å². The van der Waals surface area contributed by atoms with E-state index in [1.807, 2.05) is 32.0 Å². The van der Waals surface area contributed by atoms with E-state index < -0.39 is 23.8 Å². The van der Waals surface area contributed by atoms with Crippen LogP contribution in [0.25, 0.3) is 0 Å². The maximum absolute atomic E-state index is 13.8. The van der Waals surface area contributed by atoms with E-state index >= 15 is 0 Å². The van der Waals surface area contributed by atoms with Crippen LogP contribution in [0, 0.1) is 19.7 Å². The van der Waals surface area contributed by atoms with E-state index in [0.29, 0.717) is 10.2 Å². The van der Waals surface area contributed by atoms with Gasteiger partial charge in [0.1, 0.15) is 5.82 Å². The Morgan fingerprint density at radius 3 is 2.54 bits per heavy atom. The lowest BCUT2D eigenvalue weighted by molar-refractivity contribution is -0.123. The molecule has 0 saturated heterocycles. The molecule has 1 atom stereocenters. The van der Waals surface area contributed by atoms with E-state index in [0.717, 1.165) is 17.2 Å². The number of hydrogen-bond acceptors (Lipinski definition) is 3. The van der Waals surface area contributed by atoms with Crippen LogP contribution in [0.3, 0.4) is 0 Å². The predicted molar refractivity (Wildman–Crippen MR) is 93.5 cm³/mol. The van der Waals surface area contributed by atoms with Crippen molar-refractivity contribution >= 4 is 33.5 Å². The van der Waals surface area contributed by atoms with E-state index in [4.69, 9.17) is 4.74 Å². The lowest BCUT2D eigenvalue weighted by atomic mass is 10.1. The molecular formula is C18H17BrFNO3. The van der Waals surface area contributed by atoms with Gasteiger partial charge in [-0.05, 0) is 56.2 Å². The van der Waals surface area contributed by atoms with Gasteiger partial charge in [0.2, 0.25) is 0 Å². The molecule has 1 N–H and O–H groups in total. The van der Waals surface area contributed by atoms with Gasteiger partial charge in [0.05, 0.1) is 5.56 Å². The number of hydrogen-bond donors (Lipinski definition) is 1. The number of nitrogens with one attached hydrogen (secondary N) is 1. The number of ether oxygens (including phenoxy) is 1. The van der Waals surface area contributed by atoms with Gasteiger partial charge in [-0.1, -0.05) is 28.1 Å². The fourth-order valence-corrected chi connectivity index (χ4v) is 2.37. The summed E-state index contributed by atoms with van der Waals surface area (Å²) < 4.78 is 19.3. The Morgan fingerprint density at radius 2 is 1.88 bits per heavy atom. The molecule has 0 heterocycles. The highest BCUT2D eigenvalue weighted by Crippen LogP contribution is 2.18. The number of carbonyl (C=O) groups is 2. The van der Waals surface area contributed by atoms with E-state index in [-0.39, 0.29) is 5.56 Å². The molecule has 0 bridgehead atoms. The zero-order valence-electron chi connectivity index (χ0n) is 13.5. The van der Waals surface area contributed by atoms with Crippen molar-refractivity contribution < 1.29 is 18.7 Å². The minimum absolute atomic E-state index is 0.218. The van der Waals surface area contributed by atoms with Gasteiger partial charge in [-0.3, -0.25) is 4.79 Å². The number of halogens is 2. The first-order chi connectivity index (χ1) is 11.3. The minimum Gasteiger partial charge on any atom is -0.449 e. The average Bonchev–Trinajstić information content (AvgIpc) is 2.50. The second-order valence-corrected chi connectivity index (χ2v) is 6.40. The molecule has 0 aromatic heterocycles. The Bertz CT molecular complexity index is 792. The summed E-state index contributed by atoms with van der Waals surface area (Å²) in [5.41, 5.74) is 2.33. The third-order valence-electron chi connectivity index (χ3n) is 3.46. The molecule has 0 spiro atoms. The standard InChI is InChI=1S/C18H17BrFNO3/c1-10-4-5-11(2)16(8-10)21-17(22)12(3)24-18(23)14-7-6-13(19)9-15(14)20/h4-9,12H,1-3H3,(H,21,22)/t12-/m1/s1. The molecule has 0 unspecified atom stereocenters. The predicted octanol–water partition coefficient (Wildman–Crippen LogP) is 4.39. The molecule has 24 heavy (non-hydrogen) atoms. The monoisotopic (exact) mass is 393 g/mol. The van der Waals surface area contributed by atoms with Crippen molar-refractivity contribution in [1.82, 2.24) is 0 Å². The third-order valence-corrected chi connectivity index (χ3v) is 3.95. The molecule has 6 heteroatoms. The first-order valence-electron chi connectivity index (χ1n) is 7.32. The number of amides is 1. The normalized spacial score (nSPS) is 11.7. The van der Waals surface area contributed by atoms with Crippen molar-refractivity contribution in [2.45, 2.75) is 26.9 Å². The van der Waals surface area contributed by atoms with Gasteiger partial charge in [0.15, 0.2) is 6.10 Å². The molecule has 2 aromatic rings. The number of carbonyl (C=O) groups excluding carboxylic acids is 2. The Labute approximate surface area is 148 Å². The molecule has 0 aliphatic rings. The lowest BCUT2D eigenvalue weighted by Crippen LogP contribution is -2.30. The average molecular weight is 394 g/mol. The molecule has 2 aromatic carbocycles. The summed E-state index contributed by atoms with van der Waals surface area (Å²) in [5.74, 6) is -2.07. The number of esters is 1. The molecule has 4 nitrogen and oxygen atoms in total. The smallest absolute Gasteiger partial charge is 0.341 e. The highest BCUT2D eigenvalue weighted by atomic mass is 79.9. The largest absolute Gasteiger partial charge is 0.449 e. The first kappa shape index (κ1) is 18.1. The summed E-state index contributed by atoms with van der Waals surface area (Å²) in [7, 11) is 0. The molecule has 0 fully saturated rings. The number of aryl methyl sites for hydroxylation is 2. The van der Waals surface area contributed by atoms with Gasteiger partial charge < -0.3 is 10.1 Å². The minimum atomic E-state index is -1.06. The van der Waals surface area contributed by atoms with Gasteiger partial charge in [0, 0.05) is 10.2 Å². The summed E-state index contributed by atoms with van der Waals surface area (Å²) in [6, 6.07) is 9.65. The maximum Gasteiger partial charge on any atom is 0.341 e. The zero-order chi connectivity index (χ0) is 17.9. The van der Waals surface area contributed by atoms with E-state index in [1.54, 1.807) is 0 Å². The van der Waals surface area contributed by atoms with Crippen molar-refractivity contribution in [2.75, 3.05) is 5.32 Å². The second kappa shape index (κ2) is 7.57. The second-order valence-electron chi connectivity index (χ2n) is 5.48. The van der Waals surface area contributed by atoms with Crippen molar-refractivity contribution in [1.29, 1.82) is 0 Å². The summed E-state index contributed by atoms with van der Waals surface area (Å²) in [6.45, 7) is 5.22. The summed E-state index contributed by atoms with van der Waals surface area (Å²) in [6.07, 6.45) is -1.06. The fraction of sp³-hybridized carbons (Fsp3) is 0.222. The maximum atomic E-state index is 13.8. The van der Waals surface area contributed by atoms with Crippen molar-refractivity contribution in [3.05, 3.63) is 63.4 Å². The number of benzene rings is 2. The van der Waals surface area contributed by atoms with Crippen LogP contribution in [0.15, 0.2) is 40.9 Å². The number of rotatable bonds is 4. The first-order valence-corrected chi connectivity index (χ1v) is 8.11. The van der Waals surface area contributed by atoms with Gasteiger partial charge >= 0.3 is 5.97 Å². The number of anilines is 1. The van der Waals surface area contributed by atoms with Crippen LogP contribution in [0.5, 0.6) is 0 Å². The van der Waals surface area contributed by atoms with Crippen molar-refractivity contribution in [2.24, 2.45) is 0 Å². The molecule has 1 amide bonds. The molecule has 0 aliphatic heterocycles. The van der Waals surface area contributed by atoms with E-state index in [2.05, 4.69) is 21.2 Å². The van der Waals surface area contributed by atoms with Gasteiger partial charge in [-0.25, -0.2) is 9.18 Å². The lowest BCUT2D eigenvalue weighted by Gasteiger charge is -2.15. The van der Waals surface area contributed by atoms with Crippen molar-refractivity contribution in [3.8, 4) is 0 Å². The molecule has 126 valence electrons. The van der Waals surface area contributed by atoms with Gasteiger partial charge in [0.25, 0.3) is 5.91 Å². The van der Waals surface area contributed by atoms with E-state index in [1.165, 1.54) is 19.1 Å². The summed E-state index contributed by atoms with van der Waals surface area (Å²) in [4.78, 5) is 24.2.